The van der Waals surface area contributed by atoms with Crippen LogP contribution in [-0.2, 0) is 20.2 Å². The van der Waals surface area contributed by atoms with Gasteiger partial charge < -0.3 is 19.3 Å². The topological polar surface area (TPSA) is 79.4 Å². The van der Waals surface area contributed by atoms with Crippen molar-refractivity contribution in [2.24, 2.45) is 5.92 Å². The molecular weight excluding hydrogens is 526 g/mol. The number of benzene rings is 2. The van der Waals surface area contributed by atoms with Crippen LogP contribution in [0.5, 0.6) is 5.75 Å². The van der Waals surface area contributed by atoms with E-state index in [-0.39, 0.29) is 12.1 Å². The molecule has 9 heteroatoms. The number of likely N-dealkylation sites (N-methyl/N-ethyl adjacent to an activating group) is 1. The average molecular weight is 572 g/mol. The van der Waals surface area contributed by atoms with Crippen molar-refractivity contribution in [1.29, 1.82) is 0 Å². The molecule has 0 radical (unpaired) electrons. The highest BCUT2D eigenvalue weighted by Gasteiger charge is 2.42. The van der Waals surface area contributed by atoms with E-state index in [1.54, 1.807) is 38.4 Å². The standard InChI is InChI=1S/C31H45N3O5S/c1-30(2,3)39-29(35)34-19-15-24-22-33(18-16-28(24)34)20-17-31(4,25-11-10-12-26(21-25)38-6)23-32(5)40(36,37)27-13-8-7-9-14-27/h7-14,21,24,28H,15-20,22-23H2,1-6H3. The third kappa shape index (κ3) is 6.98. The van der Waals surface area contributed by atoms with Gasteiger partial charge >= 0.3 is 6.09 Å². The number of sulfonamides is 1. The summed E-state index contributed by atoms with van der Waals surface area (Å²) in [6, 6.07) is 16.8. The summed E-state index contributed by atoms with van der Waals surface area (Å²) in [5.41, 5.74) is 0.107. The van der Waals surface area contributed by atoms with E-state index in [0.717, 1.165) is 56.8 Å². The monoisotopic (exact) mass is 571 g/mol. The van der Waals surface area contributed by atoms with Gasteiger partial charge in [-0.15, -0.1) is 0 Å². The molecule has 0 aromatic heterocycles. The number of methoxy groups -OCH3 is 1. The second kappa shape index (κ2) is 12.1. The summed E-state index contributed by atoms with van der Waals surface area (Å²) >= 11 is 0. The zero-order chi connectivity index (χ0) is 29.1. The van der Waals surface area contributed by atoms with E-state index in [1.807, 2.05) is 49.9 Å². The summed E-state index contributed by atoms with van der Waals surface area (Å²) in [5.74, 6) is 1.18. The van der Waals surface area contributed by atoms with Crippen molar-refractivity contribution in [3.63, 3.8) is 0 Å². The van der Waals surface area contributed by atoms with Crippen molar-refractivity contribution in [2.45, 2.75) is 68.9 Å². The molecule has 2 aromatic rings. The first-order valence-electron chi connectivity index (χ1n) is 14.2. The van der Waals surface area contributed by atoms with E-state index in [2.05, 4.69) is 17.9 Å². The number of carbonyl (C=O) groups excluding carboxylic acids is 1. The van der Waals surface area contributed by atoms with Crippen molar-refractivity contribution in [3.8, 4) is 5.75 Å². The fourth-order valence-corrected chi connectivity index (χ4v) is 7.39. The van der Waals surface area contributed by atoms with E-state index in [0.29, 0.717) is 17.4 Å². The van der Waals surface area contributed by atoms with Crippen LogP contribution >= 0.6 is 0 Å². The Hall–Kier alpha value is -2.62. The molecule has 40 heavy (non-hydrogen) atoms. The summed E-state index contributed by atoms with van der Waals surface area (Å²) in [7, 11) is -0.329. The van der Waals surface area contributed by atoms with Crippen LogP contribution in [0.15, 0.2) is 59.5 Å². The number of nitrogens with zero attached hydrogens (tertiary/aromatic N) is 3. The molecule has 2 fully saturated rings. The Morgan fingerprint density at radius 1 is 1.02 bits per heavy atom. The third-order valence-corrected chi connectivity index (χ3v) is 10.1. The number of carbonyl (C=O) groups is 1. The number of fused-ring (bicyclic) bond motifs is 1. The molecule has 2 heterocycles. The second-order valence-electron chi connectivity index (χ2n) is 12.5. The lowest BCUT2D eigenvalue weighted by atomic mass is 9.78. The van der Waals surface area contributed by atoms with Crippen LogP contribution in [0.4, 0.5) is 4.79 Å². The average Bonchev–Trinajstić information content (AvgIpc) is 3.35. The van der Waals surface area contributed by atoms with Crippen LogP contribution in [-0.4, -0.2) is 87.1 Å². The Bertz CT molecular complexity index is 1260. The first kappa shape index (κ1) is 30.3. The quantitative estimate of drug-likeness (QED) is 0.422. The van der Waals surface area contributed by atoms with Gasteiger partial charge in [0.15, 0.2) is 0 Å². The van der Waals surface area contributed by atoms with Gasteiger partial charge in [0.1, 0.15) is 11.4 Å². The highest BCUT2D eigenvalue weighted by Crippen LogP contribution is 2.36. The molecule has 2 saturated heterocycles. The molecule has 0 spiro atoms. The molecular formula is C31H45N3O5S. The van der Waals surface area contributed by atoms with Crippen molar-refractivity contribution in [2.75, 3.05) is 46.9 Å². The predicted molar refractivity (Wildman–Crippen MR) is 157 cm³/mol. The van der Waals surface area contributed by atoms with Gasteiger partial charge in [0, 0.05) is 44.7 Å². The molecule has 2 aliphatic heterocycles. The Labute approximate surface area is 240 Å². The van der Waals surface area contributed by atoms with Gasteiger partial charge in [-0.3, -0.25) is 0 Å². The summed E-state index contributed by atoms with van der Waals surface area (Å²) in [6.45, 7) is 11.6. The van der Waals surface area contributed by atoms with Gasteiger partial charge in [0.2, 0.25) is 10.0 Å². The molecule has 4 rings (SSSR count). The highest BCUT2D eigenvalue weighted by atomic mass is 32.2. The minimum absolute atomic E-state index is 0.207. The summed E-state index contributed by atoms with van der Waals surface area (Å²) in [5, 5.41) is 0. The molecule has 3 unspecified atom stereocenters. The first-order valence-corrected chi connectivity index (χ1v) is 15.6. The van der Waals surface area contributed by atoms with Crippen molar-refractivity contribution < 1.29 is 22.7 Å². The molecule has 1 amide bonds. The number of ether oxygens (including phenoxy) is 2. The zero-order valence-corrected chi connectivity index (χ0v) is 25.6. The molecule has 3 atom stereocenters. The van der Waals surface area contributed by atoms with Crippen molar-refractivity contribution in [3.05, 3.63) is 60.2 Å². The molecule has 220 valence electrons. The molecule has 0 aliphatic carbocycles. The minimum Gasteiger partial charge on any atom is -0.497 e. The molecule has 0 saturated carbocycles. The third-order valence-electron chi connectivity index (χ3n) is 8.32. The Balaban J connectivity index is 1.47. The minimum atomic E-state index is -3.64. The van der Waals surface area contributed by atoms with E-state index in [1.165, 1.54) is 4.31 Å². The van der Waals surface area contributed by atoms with E-state index < -0.39 is 21.0 Å². The van der Waals surface area contributed by atoms with Crippen LogP contribution in [0.3, 0.4) is 0 Å². The number of hydrogen-bond acceptors (Lipinski definition) is 6. The van der Waals surface area contributed by atoms with Crippen molar-refractivity contribution >= 4 is 16.1 Å². The number of piperidine rings is 1. The van der Waals surface area contributed by atoms with Gasteiger partial charge in [-0.05, 0) is 82.3 Å². The lowest BCUT2D eigenvalue weighted by molar-refractivity contribution is 0.0140. The lowest BCUT2D eigenvalue weighted by Gasteiger charge is -2.40. The normalized spacial score (nSPS) is 21.6. The first-order chi connectivity index (χ1) is 18.8. The van der Waals surface area contributed by atoms with Crippen molar-refractivity contribution in [1.82, 2.24) is 14.1 Å². The van der Waals surface area contributed by atoms with Gasteiger partial charge in [-0.25, -0.2) is 17.5 Å². The Kier molecular flexibility index (Phi) is 9.17. The highest BCUT2D eigenvalue weighted by molar-refractivity contribution is 7.89. The molecule has 2 aliphatic rings. The van der Waals surface area contributed by atoms with Crippen LogP contribution in [0, 0.1) is 5.92 Å². The fraction of sp³-hybridized carbons (Fsp3) is 0.581. The summed E-state index contributed by atoms with van der Waals surface area (Å²) in [6.07, 6.45) is 2.47. The lowest BCUT2D eigenvalue weighted by Crippen LogP contribution is -2.49. The van der Waals surface area contributed by atoms with Gasteiger partial charge in [-0.1, -0.05) is 37.3 Å². The van der Waals surface area contributed by atoms with E-state index in [9.17, 15) is 13.2 Å². The zero-order valence-electron chi connectivity index (χ0n) is 24.8. The number of hydrogen-bond donors (Lipinski definition) is 0. The van der Waals surface area contributed by atoms with Crippen LogP contribution in [0.1, 0.15) is 52.5 Å². The van der Waals surface area contributed by atoms with Crippen LogP contribution in [0.2, 0.25) is 0 Å². The maximum atomic E-state index is 13.4. The smallest absolute Gasteiger partial charge is 0.410 e. The number of amides is 1. The molecule has 0 bridgehead atoms. The van der Waals surface area contributed by atoms with Gasteiger partial charge in [0.25, 0.3) is 0 Å². The molecule has 0 N–H and O–H groups in total. The Morgan fingerprint density at radius 2 is 1.75 bits per heavy atom. The second-order valence-corrected chi connectivity index (χ2v) is 14.5. The van der Waals surface area contributed by atoms with Crippen LogP contribution < -0.4 is 4.74 Å². The number of rotatable bonds is 9. The van der Waals surface area contributed by atoms with E-state index in [4.69, 9.17) is 9.47 Å². The fourth-order valence-electron chi connectivity index (χ4n) is 6.08. The SMILES string of the molecule is COc1cccc(C(C)(CCN2CCC3C(CCN3C(=O)OC(C)(C)C)C2)CN(C)S(=O)(=O)c2ccccc2)c1. The van der Waals surface area contributed by atoms with Gasteiger partial charge in [0.05, 0.1) is 12.0 Å². The largest absolute Gasteiger partial charge is 0.497 e. The maximum Gasteiger partial charge on any atom is 0.410 e. The Morgan fingerprint density at radius 3 is 2.42 bits per heavy atom. The van der Waals surface area contributed by atoms with Gasteiger partial charge in [-0.2, -0.15) is 0 Å². The van der Waals surface area contributed by atoms with E-state index >= 15 is 0 Å². The molecule has 8 nitrogen and oxygen atoms in total. The summed E-state index contributed by atoms with van der Waals surface area (Å²) < 4.78 is 39.5. The van der Waals surface area contributed by atoms with Crippen LogP contribution in [0.25, 0.3) is 0 Å². The predicted octanol–water partition coefficient (Wildman–Crippen LogP) is 5.00. The number of likely N-dealkylation sites (tertiary alicyclic amines) is 2. The maximum absolute atomic E-state index is 13.4. The summed E-state index contributed by atoms with van der Waals surface area (Å²) in [4.78, 5) is 17.5. The molecule has 2 aromatic carbocycles.